The summed E-state index contributed by atoms with van der Waals surface area (Å²) in [5, 5.41) is 7.65. The summed E-state index contributed by atoms with van der Waals surface area (Å²) < 4.78 is 0. The van der Waals surface area contributed by atoms with Crippen LogP contribution in [0.5, 0.6) is 0 Å². The summed E-state index contributed by atoms with van der Waals surface area (Å²) in [5.41, 5.74) is 10.6. The van der Waals surface area contributed by atoms with Crippen LogP contribution < -0.4 is 4.90 Å². The van der Waals surface area contributed by atoms with Gasteiger partial charge in [0.25, 0.3) is 0 Å². The lowest BCUT2D eigenvalue weighted by molar-refractivity contribution is 1.28. The third-order valence-electron chi connectivity index (χ3n) is 9.65. The molecule has 0 bridgehead atoms. The largest absolute Gasteiger partial charge is 0.310 e. The summed E-state index contributed by atoms with van der Waals surface area (Å²) in [6.07, 6.45) is 0. The number of hydrogen-bond acceptors (Lipinski definition) is 1. The minimum atomic E-state index is 1.11. The molecule has 0 atom stereocenters. The van der Waals surface area contributed by atoms with E-state index in [9.17, 15) is 0 Å². The van der Waals surface area contributed by atoms with Gasteiger partial charge in [-0.2, -0.15) is 0 Å². The highest BCUT2D eigenvalue weighted by atomic mass is 15.1. The van der Waals surface area contributed by atoms with Crippen LogP contribution in [0.4, 0.5) is 17.1 Å². The number of benzene rings is 9. The Labute approximate surface area is 287 Å². The molecule has 0 aliphatic carbocycles. The Morgan fingerprint density at radius 2 is 0.735 bits per heavy atom. The van der Waals surface area contributed by atoms with Crippen LogP contribution in [-0.4, -0.2) is 0 Å². The fraction of sp³-hybridized carbons (Fsp3) is 0. The van der Waals surface area contributed by atoms with Gasteiger partial charge in [0.15, 0.2) is 0 Å². The minimum absolute atomic E-state index is 1.11. The summed E-state index contributed by atoms with van der Waals surface area (Å²) in [6.45, 7) is 0. The quantitative estimate of drug-likeness (QED) is 0.167. The van der Waals surface area contributed by atoms with Crippen LogP contribution >= 0.6 is 0 Å². The Morgan fingerprint density at radius 3 is 1.45 bits per heavy atom. The van der Waals surface area contributed by atoms with Crippen LogP contribution in [0, 0.1) is 0 Å². The zero-order chi connectivity index (χ0) is 32.6. The molecule has 49 heavy (non-hydrogen) atoms. The summed E-state index contributed by atoms with van der Waals surface area (Å²) in [5.74, 6) is 0. The van der Waals surface area contributed by atoms with Crippen LogP contribution in [0.2, 0.25) is 0 Å². The van der Waals surface area contributed by atoms with E-state index in [-0.39, 0.29) is 0 Å². The molecule has 0 aromatic heterocycles. The molecule has 9 rings (SSSR count). The van der Waals surface area contributed by atoms with Gasteiger partial charge in [-0.05, 0) is 108 Å². The first-order valence-corrected chi connectivity index (χ1v) is 16.8. The zero-order valence-corrected chi connectivity index (χ0v) is 27.0. The first-order valence-electron chi connectivity index (χ1n) is 16.8. The van der Waals surface area contributed by atoms with Gasteiger partial charge in [0, 0.05) is 17.1 Å². The summed E-state index contributed by atoms with van der Waals surface area (Å²) >= 11 is 0. The Hall–Kier alpha value is -6.44. The molecule has 0 fully saturated rings. The first kappa shape index (κ1) is 28.8. The van der Waals surface area contributed by atoms with Crippen molar-refractivity contribution in [3.8, 4) is 33.4 Å². The maximum atomic E-state index is 2.39. The molecule has 0 radical (unpaired) electrons. The summed E-state index contributed by atoms with van der Waals surface area (Å²) in [4.78, 5) is 2.35. The predicted molar refractivity (Wildman–Crippen MR) is 210 cm³/mol. The lowest BCUT2D eigenvalue weighted by atomic mass is 9.91. The van der Waals surface area contributed by atoms with Gasteiger partial charge in [-0.3, -0.25) is 0 Å². The molecule has 9 aromatic rings. The molecule has 0 saturated heterocycles. The Balaban J connectivity index is 1.14. The molecule has 0 N–H and O–H groups in total. The number of para-hydroxylation sites is 1. The van der Waals surface area contributed by atoms with E-state index in [1.165, 1.54) is 65.7 Å². The molecule has 0 amide bonds. The third-order valence-corrected chi connectivity index (χ3v) is 9.65. The molecule has 0 heterocycles. The van der Waals surface area contributed by atoms with Crippen molar-refractivity contribution < 1.29 is 0 Å². The van der Waals surface area contributed by atoms with Crippen LogP contribution in [0.25, 0.3) is 65.7 Å². The Morgan fingerprint density at radius 1 is 0.245 bits per heavy atom. The van der Waals surface area contributed by atoms with Gasteiger partial charge in [-0.1, -0.05) is 158 Å². The van der Waals surface area contributed by atoms with Gasteiger partial charge in [-0.15, -0.1) is 0 Å². The molecular formula is C48H33N. The molecular weight excluding hydrogens is 591 g/mol. The predicted octanol–water partition coefficient (Wildman–Crippen LogP) is 13.6. The highest BCUT2D eigenvalue weighted by molar-refractivity contribution is 6.21. The molecule has 0 aliphatic rings. The van der Waals surface area contributed by atoms with Gasteiger partial charge < -0.3 is 4.90 Å². The number of fused-ring (bicyclic) bond motifs is 5. The second kappa shape index (κ2) is 12.3. The third kappa shape index (κ3) is 5.32. The van der Waals surface area contributed by atoms with E-state index in [1.54, 1.807) is 0 Å². The fourth-order valence-electron chi connectivity index (χ4n) is 7.23. The van der Waals surface area contributed by atoms with Crippen molar-refractivity contribution in [2.75, 3.05) is 4.90 Å². The van der Waals surface area contributed by atoms with E-state index in [2.05, 4.69) is 205 Å². The van der Waals surface area contributed by atoms with Crippen LogP contribution in [0.3, 0.4) is 0 Å². The van der Waals surface area contributed by atoms with Crippen molar-refractivity contribution in [1.29, 1.82) is 0 Å². The van der Waals surface area contributed by atoms with Crippen LogP contribution in [0.15, 0.2) is 200 Å². The number of hydrogen-bond donors (Lipinski definition) is 0. The molecule has 0 unspecified atom stereocenters. The van der Waals surface area contributed by atoms with Crippen molar-refractivity contribution in [3.63, 3.8) is 0 Å². The van der Waals surface area contributed by atoms with Gasteiger partial charge >= 0.3 is 0 Å². The van der Waals surface area contributed by atoms with Gasteiger partial charge in [-0.25, -0.2) is 0 Å². The number of anilines is 3. The van der Waals surface area contributed by atoms with Crippen molar-refractivity contribution in [2.24, 2.45) is 0 Å². The molecule has 0 aliphatic heterocycles. The Kier molecular flexibility index (Phi) is 7.22. The van der Waals surface area contributed by atoms with Gasteiger partial charge in [0.1, 0.15) is 0 Å². The fourth-order valence-corrected chi connectivity index (χ4v) is 7.23. The molecule has 1 nitrogen and oxygen atoms in total. The minimum Gasteiger partial charge on any atom is -0.310 e. The first-order chi connectivity index (χ1) is 24.3. The van der Waals surface area contributed by atoms with Crippen LogP contribution in [-0.2, 0) is 0 Å². The van der Waals surface area contributed by atoms with Crippen molar-refractivity contribution in [1.82, 2.24) is 0 Å². The molecule has 9 aromatic carbocycles. The smallest absolute Gasteiger partial charge is 0.0467 e. The molecule has 0 spiro atoms. The monoisotopic (exact) mass is 623 g/mol. The highest BCUT2D eigenvalue weighted by Gasteiger charge is 2.16. The second-order valence-electron chi connectivity index (χ2n) is 12.6. The average Bonchev–Trinajstić information content (AvgIpc) is 3.19. The Bertz CT molecular complexity index is 2570. The van der Waals surface area contributed by atoms with E-state index in [0.717, 1.165) is 17.1 Å². The van der Waals surface area contributed by atoms with E-state index in [4.69, 9.17) is 0 Å². The van der Waals surface area contributed by atoms with Crippen molar-refractivity contribution >= 4 is 49.4 Å². The topological polar surface area (TPSA) is 3.24 Å². The van der Waals surface area contributed by atoms with E-state index in [0.29, 0.717) is 0 Å². The van der Waals surface area contributed by atoms with E-state index in [1.807, 2.05) is 0 Å². The van der Waals surface area contributed by atoms with Crippen molar-refractivity contribution in [2.45, 2.75) is 0 Å². The van der Waals surface area contributed by atoms with Gasteiger partial charge in [0.05, 0.1) is 0 Å². The lowest BCUT2D eigenvalue weighted by Gasteiger charge is -2.26. The zero-order valence-electron chi connectivity index (χ0n) is 27.0. The maximum Gasteiger partial charge on any atom is 0.0467 e. The normalized spacial score (nSPS) is 11.3. The SMILES string of the molecule is c1ccc(-c2ccc(-c3ccc(N(c4ccccc4)c4cccc(-c5cc6c7ccccc7ccc6c6ccccc56)c4)cc3)cc2)cc1. The average molecular weight is 624 g/mol. The summed E-state index contributed by atoms with van der Waals surface area (Å²) in [6, 6.07) is 72.4. The van der Waals surface area contributed by atoms with Gasteiger partial charge in [0.2, 0.25) is 0 Å². The number of nitrogens with zero attached hydrogens (tertiary/aromatic N) is 1. The molecule has 0 saturated carbocycles. The second-order valence-corrected chi connectivity index (χ2v) is 12.6. The summed E-state index contributed by atoms with van der Waals surface area (Å²) in [7, 11) is 0. The molecule has 1 heteroatoms. The molecule has 230 valence electrons. The maximum absolute atomic E-state index is 2.39. The standard InChI is InChI=1S/C48H33N/c1-3-12-34(13-4-1)35-22-24-36(25-23-35)37-26-29-41(30-27-37)49(40-16-5-2-6-17-40)42-18-11-15-39(32-42)47-33-48-43-19-8-7-14-38(43)28-31-46(48)44-20-9-10-21-45(44)47/h1-33H. The highest BCUT2D eigenvalue weighted by Crippen LogP contribution is 2.41. The number of rotatable bonds is 6. The van der Waals surface area contributed by atoms with E-state index < -0.39 is 0 Å². The van der Waals surface area contributed by atoms with Crippen molar-refractivity contribution in [3.05, 3.63) is 200 Å². The lowest BCUT2D eigenvalue weighted by Crippen LogP contribution is -2.09. The van der Waals surface area contributed by atoms with E-state index >= 15 is 0 Å². The van der Waals surface area contributed by atoms with Crippen LogP contribution in [0.1, 0.15) is 0 Å².